The molecule has 0 amide bonds. The van der Waals surface area contributed by atoms with E-state index in [4.69, 9.17) is 4.74 Å². The Morgan fingerprint density at radius 2 is 1.27 bits per heavy atom. The summed E-state index contributed by atoms with van der Waals surface area (Å²) in [6.07, 6.45) is 0.164. The molecule has 0 atom stereocenters. The first-order valence-electron chi connectivity index (χ1n) is 10.2. The second-order valence-electron chi connectivity index (χ2n) is 9.34. The Morgan fingerprint density at radius 3 is 1.80 bits per heavy atom. The lowest BCUT2D eigenvalue weighted by Crippen LogP contribution is -2.41. The van der Waals surface area contributed by atoms with Crippen molar-refractivity contribution in [3.8, 4) is 0 Å². The normalized spacial score (nSPS) is 12.4. The van der Waals surface area contributed by atoms with E-state index in [0.29, 0.717) is 0 Å². The van der Waals surface area contributed by atoms with Crippen molar-refractivity contribution < 1.29 is 19.1 Å². The number of esters is 1. The average Bonchev–Trinajstić information content (AvgIpc) is 2.68. The third-order valence-corrected chi connectivity index (χ3v) is 5.89. The van der Waals surface area contributed by atoms with Gasteiger partial charge in [-0.25, -0.2) is 0 Å². The zero-order valence-corrected chi connectivity index (χ0v) is 19.0. The smallest absolute Gasteiger partial charge is 0.319 e. The summed E-state index contributed by atoms with van der Waals surface area (Å²) in [6.45, 7) is 12.1. The predicted octanol–water partition coefficient (Wildman–Crippen LogP) is 5.17. The molecule has 2 aromatic rings. The first kappa shape index (κ1) is 23.5. The van der Waals surface area contributed by atoms with E-state index >= 15 is 0 Å². The number of benzene rings is 2. The van der Waals surface area contributed by atoms with Gasteiger partial charge in [0.15, 0.2) is 5.78 Å². The Morgan fingerprint density at radius 1 is 0.767 bits per heavy atom. The molecule has 0 unspecified atom stereocenters. The van der Waals surface area contributed by atoms with Crippen LogP contribution in [0.1, 0.15) is 65.2 Å². The standard InChI is InChI=1S/C26H32O4/c1-18(27)24(2,3)20-15-11-12-16-21(20)26(6,7)30-23(29)25(4,5)22(28)17-19-13-9-8-10-14-19/h8-16H,17H2,1-7H3. The molecule has 0 aliphatic rings. The Balaban J connectivity index is 2.29. The van der Waals surface area contributed by atoms with Crippen LogP contribution in [0.5, 0.6) is 0 Å². The van der Waals surface area contributed by atoms with Crippen molar-refractivity contribution in [3.05, 3.63) is 71.3 Å². The monoisotopic (exact) mass is 408 g/mol. The summed E-state index contributed by atoms with van der Waals surface area (Å²) in [4.78, 5) is 38.2. The molecule has 0 spiro atoms. The fourth-order valence-corrected chi connectivity index (χ4v) is 3.27. The molecule has 0 aromatic heterocycles. The highest BCUT2D eigenvalue weighted by Crippen LogP contribution is 2.37. The minimum Gasteiger partial charge on any atom is -0.454 e. The Hall–Kier alpha value is -2.75. The topological polar surface area (TPSA) is 60.4 Å². The molecule has 0 aliphatic heterocycles. The summed E-state index contributed by atoms with van der Waals surface area (Å²) in [5.41, 5.74) is -0.605. The van der Waals surface area contributed by atoms with Gasteiger partial charge in [-0.2, -0.15) is 0 Å². The van der Waals surface area contributed by atoms with Crippen LogP contribution in [0.4, 0.5) is 0 Å². The zero-order valence-electron chi connectivity index (χ0n) is 19.0. The molecule has 0 saturated carbocycles. The fraction of sp³-hybridized carbons (Fsp3) is 0.423. The van der Waals surface area contributed by atoms with Crippen LogP contribution in [0.25, 0.3) is 0 Å². The summed E-state index contributed by atoms with van der Waals surface area (Å²) in [7, 11) is 0. The summed E-state index contributed by atoms with van der Waals surface area (Å²) < 4.78 is 5.89. The van der Waals surface area contributed by atoms with Crippen LogP contribution >= 0.6 is 0 Å². The van der Waals surface area contributed by atoms with Gasteiger partial charge in [-0.3, -0.25) is 14.4 Å². The molecule has 0 N–H and O–H groups in total. The first-order chi connectivity index (χ1) is 13.8. The minimum absolute atomic E-state index is 0.0236. The van der Waals surface area contributed by atoms with E-state index in [1.807, 2.05) is 68.4 Å². The number of carbonyl (C=O) groups is 3. The number of carbonyl (C=O) groups excluding carboxylic acids is 3. The van der Waals surface area contributed by atoms with E-state index in [-0.39, 0.29) is 18.0 Å². The summed E-state index contributed by atoms with van der Waals surface area (Å²) in [5, 5.41) is 0. The highest BCUT2D eigenvalue weighted by Gasteiger charge is 2.42. The minimum atomic E-state index is -1.29. The number of ketones is 2. The van der Waals surface area contributed by atoms with E-state index in [2.05, 4.69) is 0 Å². The van der Waals surface area contributed by atoms with Gasteiger partial charge < -0.3 is 4.74 Å². The van der Waals surface area contributed by atoms with Crippen LogP contribution in [0.15, 0.2) is 54.6 Å². The molecular formula is C26H32O4. The van der Waals surface area contributed by atoms with Crippen molar-refractivity contribution in [1.82, 2.24) is 0 Å². The number of rotatable bonds is 8. The molecule has 4 heteroatoms. The van der Waals surface area contributed by atoms with Crippen molar-refractivity contribution in [2.75, 3.05) is 0 Å². The average molecular weight is 409 g/mol. The molecule has 4 nitrogen and oxygen atoms in total. The van der Waals surface area contributed by atoms with Gasteiger partial charge in [0, 0.05) is 11.8 Å². The van der Waals surface area contributed by atoms with Crippen LogP contribution in [0, 0.1) is 5.41 Å². The highest BCUT2D eigenvalue weighted by atomic mass is 16.6. The van der Waals surface area contributed by atoms with E-state index in [9.17, 15) is 14.4 Å². The Bertz CT molecular complexity index is 937. The molecule has 30 heavy (non-hydrogen) atoms. The van der Waals surface area contributed by atoms with Crippen molar-refractivity contribution in [3.63, 3.8) is 0 Å². The lowest BCUT2D eigenvalue weighted by Gasteiger charge is -2.35. The second-order valence-corrected chi connectivity index (χ2v) is 9.34. The van der Waals surface area contributed by atoms with E-state index in [1.165, 1.54) is 0 Å². The van der Waals surface area contributed by atoms with E-state index in [1.54, 1.807) is 34.6 Å². The van der Waals surface area contributed by atoms with Crippen molar-refractivity contribution in [1.29, 1.82) is 0 Å². The maximum absolute atomic E-state index is 13.1. The van der Waals surface area contributed by atoms with Crippen molar-refractivity contribution in [2.45, 2.75) is 65.9 Å². The highest BCUT2D eigenvalue weighted by molar-refractivity contribution is 6.03. The largest absolute Gasteiger partial charge is 0.454 e. The summed E-state index contributed by atoms with van der Waals surface area (Å²) in [5.74, 6) is -0.758. The van der Waals surface area contributed by atoms with Gasteiger partial charge in [0.1, 0.15) is 16.8 Å². The molecule has 0 heterocycles. The van der Waals surface area contributed by atoms with Crippen LogP contribution < -0.4 is 0 Å². The first-order valence-corrected chi connectivity index (χ1v) is 10.2. The predicted molar refractivity (Wildman–Crippen MR) is 118 cm³/mol. The maximum Gasteiger partial charge on any atom is 0.319 e. The number of hydrogen-bond acceptors (Lipinski definition) is 4. The maximum atomic E-state index is 13.1. The van der Waals surface area contributed by atoms with Gasteiger partial charge in [0.05, 0.1) is 0 Å². The third-order valence-electron chi connectivity index (χ3n) is 5.89. The summed E-state index contributed by atoms with van der Waals surface area (Å²) >= 11 is 0. The van der Waals surface area contributed by atoms with E-state index < -0.39 is 22.4 Å². The van der Waals surface area contributed by atoms with Gasteiger partial charge in [-0.05, 0) is 65.2 Å². The lowest BCUT2D eigenvalue weighted by atomic mass is 9.75. The van der Waals surface area contributed by atoms with Gasteiger partial charge in [-0.15, -0.1) is 0 Å². The molecule has 0 bridgehead atoms. The third kappa shape index (κ3) is 4.86. The second kappa shape index (κ2) is 8.55. The Kier molecular flexibility index (Phi) is 6.70. The van der Waals surface area contributed by atoms with Crippen molar-refractivity contribution in [2.24, 2.45) is 5.41 Å². The van der Waals surface area contributed by atoms with Gasteiger partial charge in [0.2, 0.25) is 0 Å². The SMILES string of the molecule is CC(=O)C(C)(C)c1ccccc1C(C)(C)OC(=O)C(C)(C)C(=O)Cc1ccccc1. The fourth-order valence-electron chi connectivity index (χ4n) is 3.27. The van der Waals surface area contributed by atoms with Gasteiger partial charge >= 0.3 is 5.97 Å². The van der Waals surface area contributed by atoms with Crippen LogP contribution in [0.3, 0.4) is 0 Å². The molecule has 160 valence electrons. The van der Waals surface area contributed by atoms with Gasteiger partial charge in [-0.1, -0.05) is 54.6 Å². The zero-order chi connectivity index (χ0) is 22.7. The van der Waals surface area contributed by atoms with Gasteiger partial charge in [0.25, 0.3) is 0 Å². The molecule has 2 aromatic carbocycles. The molecule has 2 rings (SSSR count). The number of Topliss-reactive ketones (excluding diaryl/α,β-unsaturated/α-hetero) is 2. The lowest BCUT2D eigenvalue weighted by molar-refractivity contribution is -0.170. The Labute approximate surface area is 179 Å². The quantitative estimate of drug-likeness (QED) is 0.447. The van der Waals surface area contributed by atoms with Crippen LogP contribution in [-0.4, -0.2) is 17.5 Å². The molecular weight excluding hydrogens is 376 g/mol. The molecule has 0 saturated heterocycles. The number of ether oxygens (including phenoxy) is 1. The molecule has 0 fully saturated rings. The number of hydrogen-bond donors (Lipinski definition) is 0. The van der Waals surface area contributed by atoms with Crippen LogP contribution in [0.2, 0.25) is 0 Å². The van der Waals surface area contributed by atoms with Crippen molar-refractivity contribution >= 4 is 17.5 Å². The van der Waals surface area contributed by atoms with E-state index in [0.717, 1.165) is 16.7 Å². The van der Waals surface area contributed by atoms with Crippen LogP contribution in [-0.2, 0) is 36.6 Å². The molecule has 0 radical (unpaired) electrons. The molecule has 0 aliphatic carbocycles. The summed E-state index contributed by atoms with van der Waals surface area (Å²) in [6, 6.07) is 16.8.